The number of nitriles is 1. The maximum Gasteiger partial charge on any atom is 0.342 e. The Morgan fingerprint density at radius 3 is 2.41 bits per heavy atom. The van der Waals surface area contributed by atoms with Crippen molar-refractivity contribution in [1.82, 2.24) is 0 Å². The van der Waals surface area contributed by atoms with Gasteiger partial charge in [-0.25, -0.2) is 4.79 Å². The van der Waals surface area contributed by atoms with Crippen molar-refractivity contribution in [2.24, 2.45) is 0 Å². The first-order valence-electron chi connectivity index (χ1n) is 8.52. The monoisotopic (exact) mass is 366 g/mol. The van der Waals surface area contributed by atoms with E-state index in [1.807, 2.05) is 38.1 Å². The molecule has 0 bridgehead atoms. The summed E-state index contributed by atoms with van der Waals surface area (Å²) < 4.78 is 10.3. The summed E-state index contributed by atoms with van der Waals surface area (Å²) in [6.45, 7) is 3.68. The largest absolute Gasteiger partial charge is 0.496 e. The fraction of sp³-hybridized carbons (Fsp3) is 0.286. The highest BCUT2D eigenvalue weighted by molar-refractivity contribution is 5.98. The molecule has 6 nitrogen and oxygen atoms in total. The molecule has 0 atom stereocenters. The summed E-state index contributed by atoms with van der Waals surface area (Å²) in [5.41, 5.74) is 2.94. The minimum absolute atomic E-state index is 0.180. The predicted molar refractivity (Wildman–Crippen MR) is 102 cm³/mol. The van der Waals surface area contributed by atoms with Crippen molar-refractivity contribution in [2.75, 3.05) is 25.2 Å². The molecule has 2 aromatic rings. The highest BCUT2D eigenvalue weighted by atomic mass is 16.5. The maximum atomic E-state index is 12.7. The molecule has 0 aromatic heterocycles. The van der Waals surface area contributed by atoms with Gasteiger partial charge in [0, 0.05) is 12.2 Å². The lowest BCUT2D eigenvalue weighted by Crippen LogP contribution is -2.35. The summed E-state index contributed by atoms with van der Waals surface area (Å²) in [6.07, 6.45) is 0.180. The molecule has 0 heterocycles. The molecule has 0 spiro atoms. The van der Waals surface area contributed by atoms with Crippen LogP contribution in [0, 0.1) is 25.2 Å². The second-order valence-electron chi connectivity index (χ2n) is 6.08. The van der Waals surface area contributed by atoms with Crippen molar-refractivity contribution >= 4 is 17.6 Å². The summed E-state index contributed by atoms with van der Waals surface area (Å²) in [6, 6.07) is 14.4. The first kappa shape index (κ1) is 20.0. The van der Waals surface area contributed by atoms with Crippen LogP contribution in [0.25, 0.3) is 0 Å². The van der Waals surface area contributed by atoms with E-state index in [0.717, 1.165) is 11.1 Å². The SMILES string of the molecule is COc1ccccc1C(=O)OCC(=O)N(CCC#N)c1cc(C)cc(C)c1. The molecular formula is C21H22N2O4. The van der Waals surface area contributed by atoms with Gasteiger partial charge >= 0.3 is 5.97 Å². The van der Waals surface area contributed by atoms with Gasteiger partial charge in [0.15, 0.2) is 6.61 Å². The highest BCUT2D eigenvalue weighted by Crippen LogP contribution is 2.21. The topological polar surface area (TPSA) is 79.6 Å². The number of hydrogen-bond donors (Lipinski definition) is 0. The lowest BCUT2D eigenvalue weighted by atomic mass is 10.1. The molecule has 1 amide bonds. The number of carbonyl (C=O) groups is 2. The number of esters is 1. The van der Waals surface area contributed by atoms with E-state index in [-0.39, 0.29) is 18.5 Å². The zero-order chi connectivity index (χ0) is 19.8. The Labute approximate surface area is 158 Å². The van der Waals surface area contributed by atoms with Crippen LogP contribution in [0.3, 0.4) is 0 Å². The van der Waals surface area contributed by atoms with Crippen LogP contribution in [0.2, 0.25) is 0 Å². The summed E-state index contributed by atoms with van der Waals surface area (Å²) in [4.78, 5) is 26.4. The van der Waals surface area contributed by atoms with E-state index >= 15 is 0 Å². The van der Waals surface area contributed by atoms with Gasteiger partial charge in [0.2, 0.25) is 0 Å². The van der Waals surface area contributed by atoms with Gasteiger partial charge in [0.25, 0.3) is 5.91 Å². The van der Waals surface area contributed by atoms with Gasteiger partial charge in [-0.3, -0.25) is 4.79 Å². The van der Waals surface area contributed by atoms with E-state index in [9.17, 15) is 9.59 Å². The number of para-hydroxylation sites is 1. The molecule has 0 radical (unpaired) electrons. The van der Waals surface area contributed by atoms with Crippen molar-refractivity contribution in [3.63, 3.8) is 0 Å². The van der Waals surface area contributed by atoms with Gasteiger partial charge in [-0.05, 0) is 49.2 Å². The highest BCUT2D eigenvalue weighted by Gasteiger charge is 2.20. The molecular weight excluding hydrogens is 344 g/mol. The standard InChI is InChI=1S/C21H22N2O4/c1-15-11-16(2)13-17(12-15)23(10-6-9-22)20(24)14-27-21(25)18-7-4-5-8-19(18)26-3/h4-5,7-8,11-13H,6,10,14H2,1-3H3. The smallest absolute Gasteiger partial charge is 0.342 e. The molecule has 0 unspecified atom stereocenters. The average molecular weight is 366 g/mol. The van der Waals surface area contributed by atoms with Crippen LogP contribution in [0.1, 0.15) is 27.9 Å². The molecule has 27 heavy (non-hydrogen) atoms. The first-order valence-corrected chi connectivity index (χ1v) is 8.52. The van der Waals surface area contributed by atoms with E-state index < -0.39 is 18.5 Å². The quantitative estimate of drug-likeness (QED) is 0.702. The Hall–Kier alpha value is -3.33. The average Bonchev–Trinajstić information content (AvgIpc) is 2.65. The molecule has 0 saturated heterocycles. The van der Waals surface area contributed by atoms with E-state index in [1.54, 1.807) is 24.3 Å². The second kappa shape index (κ2) is 9.39. The lowest BCUT2D eigenvalue weighted by molar-refractivity contribution is -0.121. The van der Waals surface area contributed by atoms with E-state index in [1.165, 1.54) is 12.0 Å². The molecule has 6 heteroatoms. The van der Waals surface area contributed by atoms with E-state index in [2.05, 4.69) is 0 Å². The van der Waals surface area contributed by atoms with E-state index in [0.29, 0.717) is 11.4 Å². The fourth-order valence-electron chi connectivity index (χ4n) is 2.76. The van der Waals surface area contributed by atoms with Crippen molar-refractivity contribution < 1.29 is 19.1 Å². The third kappa shape index (κ3) is 5.32. The van der Waals surface area contributed by atoms with Crippen LogP contribution in [0.15, 0.2) is 42.5 Å². The minimum atomic E-state index is -0.638. The van der Waals surface area contributed by atoms with Gasteiger partial charge in [-0.1, -0.05) is 18.2 Å². The summed E-state index contributed by atoms with van der Waals surface area (Å²) >= 11 is 0. The Morgan fingerprint density at radius 2 is 1.78 bits per heavy atom. The number of hydrogen-bond acceptors (Lipinski definition) is 5. The second-order valence-corrected chi connectivity index (χ2v) is 6.08. The van der Waals surface area contributed by atoms with Crippen molar-refractivity contribution in [2.45, 2.75) is 20.3 Å². The van der Waals surface area contributed by atoms with Crippen LogP contribution in [-0.4, -0.2) is 32.1 Å². The van der Waals surface area contributed by atoms with Crippen LogP contribution in [0.5, 0.6) is 5.75 Å². The number of aryl methyl sites for hydroxylation is 2. The van der Waals surface area contributed by atoms with Gasteiger partial charge in [-0.2, -0.15) is 5.26 Å². The van der Waals surface area contributed by atoms with Crippen LogP contribution < -0.4 is 9.64 Å². The Kier molecular flexibility index (Phi) is 6.95. The normalized spacial score (nSPS) is 10.0. The zero-order valence-electron chi connectivity index (χ0n) is 15.7. The minimum Gasteiger partial charge on any atom is -0.496 e. The van der Waals surface area contributed by atoms with Crippen LogP contribution in [-0.2, 0) is 9.53 Å². The molecule has 0 N–H and O–H groups in total. The van der Waals surface area contributed by atoms with E-state index in [4.69, 9.17) is 14.7 Å². The number of ether oxygens (including phenoxy) is 2. The molecule has 0 saturated carbocycles. The first-order chi connectivity index (χ1) is 13.0. The number of nitrogens with zero attached hydrogens (tertiary/aromatic N) is 2. The lowest BCUT2D eigenvalue weighted by Gasteiger charge is -2.22. The molecule has 2 rings (SSSR count). The Balaban J connectivity index is 2.14. The number of benzene rings is 2. The zero-order valence-corrected chi connectivity index (χ0v) is 15.7. The fourth-order valence-corrected chi connectivity index (χ4v) is 2.76. The van der Waals surface area contributed by atoms with Gasteiger partial charge in [0.05, 0.1) is 19.6 Å². The molecule has 0 aliphatic rings. The number of amides is 1. The molecule has 0 fully saturated rings. The van der Waals surface area contributed by atoms with Gasteiger partial charge < -0.3 is 14.4 Å². The van der Waals surface area contributed by atoms with Crippen molar-refractivity contribution in [1.29, 1.82) is 5.26 Å². The number of rotatable bonds is 7. The maximum absolute atomic E-state index is 12.7. The van der Waals surface area contributed by atoms with Crippen LogP contribution in [0.4, 0.5) is 5.69 Å². The molecule has 140 valence electrons. The number of carbonyl (C=O) groups excluding carboxylic acids is 2. The molecule has 0 aliphatic carbocycles. The number of methoxy groups -OCH3 is 1. The van der Waals surface area contributed by atoms with Crippen molar-refractivity contribution in [3.05, 3.63) is 59.2 Å². The van der Waals surface area contributed by atoms with Gasteiger partial charge in [-0.15, -0.1) is 0 Å². The summed E-state index contributed by atoms with van der Waals surface area (Å²) in [7, 11) is 1.46. The molecule has 0 aliphatic heterocycles. The third-order valence-corrected chi connectivity index (χ3v) is 3.92. The predicted octanol–water partition coefficient (Wildman–Crippen LogP) is 3.42. The molecule has 2 aromatic carbocycles. The third-order valence-electron chi connectivity index (χ3n) is 3.92. The Bertz CT molecular complexity index is 850. The number of anilines is 1. The van der Waals surface area contributed by atoms with Gasteiger partial charge in [0.1, 0.15) is 11.3 Å². The Morgan fingerprint density at radius 1 is 1.11 bits per heavy atom. The van der Waals surface area contributed by atoms with Crippen LogP contribution >= 0.6 is 0 Å². The summed E-state index contributed by atoms with van der Waals surface area (Å²) in [5, 5.41) is 8.89. The van der Waals surface area contributed by atoms with Crippen molar-refractivity contribution in [3.8, 4) is 11.8 Å². The summed E-state index contributed by atoms with van der Waals surface area (Å²) in [5.74, 6) is -0.648.